The number of quaternary nitrogens is 1. The third-order valence-electron chi connectivity index (χ3n) is 3.02. The first kappa shape index (κ1) is 15.3. The summed E-state index contributed by atoms with van der Waals surface area (Å²) in [7, 11) is -3.50. The SMILES string of the molecule is [NH3+]C[C@H](c1ccc(Cl)cc1)S(=O)(=O)c1ccc(Cl)cc1. The van der Waals surface area contributed by atoms with Gasteiger partial charge in [0, 0.05) is 10.0 Å². The van der Waals surface area contributed by atoms with Gasteiger partial charge >= 0.3 is 0 Å². The highest BCUT2D eigenvalue weighted by Gasteiger charge is 2.29. The van der Waals surface area contributed by atoms with E-state index in [-0.39, 0.29) is 11.4 Å². The van der Waals surface area contributed by atoms with Gasteiger partial charge in [-0.05, 0) is 42.0 Å². The van der Waals surface area contributed by atoms with E-state index in [2.05, 4.69) is 5.73 Å². The molecule has 2 rings (SSSR count). The quantitative estimate of drug-likeness (QED) is 0.936. The first-order valence-corrected chi connectivity index (χ1v) is 8.29. The van der Waals surface area contributed by atoms with Crippen molar-refractivity contribution in [1.29, 1.82) is 0 Å². The molecule has 2 aromatic rings. The van der Waals surface area contributed by atoms with Crippen LogP contribution in [0.1, 0.15) is 10.8 Å². The van der Waals surface area contributed by atoms with E-state index in [4.69, 9.17) is 23.2 Å². The minimum absolute atomic E-state index is 0.241. The number of hydrogen-bond acceptors (Lipinski definition) is 2. The number of rotatable bonds is 4. The van der Waals surface area contributed by atoms with Crippen LogP contribution in [0, 0.1) is 0 Å². The monoisotopic (exact) mass is 330 g/mol. The average molecular weight is 331 g/mol. The lowest BCUT2D eigenvalue weighted by atomic mass is 10.1. The van der Waals surface area contributed by atoms with Gasteiger partial charge in [-0.1, -0.05) is 35.3 Å². The molecule has 0 heterocycles. The maximum absolute atomic E-state index is 12.6. The lowest BCUT2D eigenvalue weighted by Crippen LogP contribution is -2.54. The van der Waals surface area contributed by atoms with Crippen molar-refractivity contribution in [2.24, 2.45) is 0 Å². The van der Waals surface area contributed by atoms with E-state index in [0.29, 0.717) is 15.6 Å². The molecule has 20 heavy (non-hydrogen) atoms. The Labute approximate surface area is 128 Å². The molecule has 0 aliphatic carbocycles. The highest BCUT2D eigenvalue weighted by molar-refractivity contribution is 7.91. The molecule has 3 N–H and O–H groups in total. The Morgan fingerprint density at radius 2 is 1.35 bits per heavy atom. The number of hydrogen-bond donors (Lipinski definition) is 1. The van der Waals surface area contributed by atoms with E-state index in [1.807, 2.05) is 0 Å². The van der Waals surface area contributed by atoms with E-state index >= 15 is 0 Å². The van der Waals surface area contributed by atoms with Crippen LogP contribution in [0.3, 0.4) is 0 Å². The Hall–Kier alpha value is -1.07. The standard InChI is InChI=1S/C14H13Cl2NO2S/c15-11-3-1-10(2-4-11)14(9-17)20(18,19)13-7-5-12(16)6-8-13/h1-8,14H,9,17H2/p+1/t14-/m1/s1. The second-order valence-corrected chi connectivity index (χ2v) is 7.33. The van der Waals surface area contributed by atoms with Gasteiger partial charge in [0.15, 0.2) is 9.84 Å². The predicted octanol–water partition coefficient (Wildman–Crippen LogP) is 2.75. The van der Waals surface area contributed by atoms with E-state index in [1.54, 1.807) is 36.4 Å². The summed E-state index contributed by atoms with van der Waals surface area (Å²) in [6, 6.07) is 12.9. The Bertz CT molecular complexity index is 682. The predicted molar refractivity (Wildman–Crippen MR) is 80.6 cm³/mol. The smallest absolute Gasteiger partial charge is 0.190 e. The molecule has 6 heteroatoms. The van der Waals surface area contributed by atoms with Gasteiger partial charge in [0.1, 0.15) is 5.25 Å². The Kier molecular flexibility index (Phi) is 4.70. The minimum Gasteiger partial charge on any atom is -0.356 e. The molecule has 0 aliphatic rings. The molecule has 106 valence electrons. The Morgan fingerprint density at radius 3 is 1.80 bits per heavy atom. The van der Waals surface area contributed by atoms with Gasteiger partial charge in [0.25, 0.3) is 0 Å². The first-order chi connectivity index (χ1) is 9.45. The molecular formula is C14H14Cl2NO2S+. The molecule has 0 spiro atoms. The molecule has 3 nitrogen and oxygen atoms in total. The highest BCUT2D eigenvalue weighted by atomic mass is 35.5. The van der Waals surface area contributed by atoms with Crippen LogP contribution >= 0.6 is 23.2 Å². The number of benzene rings is 2. The molecule has 0 radical (unpaired) electrons. The van der Waals surface area contributed by atoms with Crippen molar-refractivity contribution >= 4 is 33.0 Å². The molecular weight excluding hydrogens is 317 g/mol. The van der Waals surface area contributed by atoms with Crippen LogP contribution in [0.5, 0.6) is 0 Å². The van der Waals surface area contributed by atoms with Crippen molar-refractivity contribution in [3.63, 3.8) is 0 Å². The summed E-state index contributed by atoms with van der Waals surface area (Å²) in [6.07, 6.45) is 0. The first-order valence-electron chi connectivity index (χ1n) is 5.99. The zero-order chi connectivity index (χ0) is 14.8. The maximum atomic E-state index is 12.6. The van der Waals surface area contributed by atoms with Gasteiger partial charge in [-0.15, -0.1) is 0 Å². The van der Waals surface area contributed by atoms with Crippen LogP contribution in [-0.4, -0.2) is 15.0 Å². The second kappa shape index (κ2) is 6.14. The van der Waals surface area contributed by atoms with Crippen LogP contribution in [-0.2, 0) is 9.84 Å². The lowest BCUT2D eigenvalue weighted by molar-refractivity contribution is -0.367. The van der Waals surface area contributed by atoms with Crippen molar-refractivity contribution in [2.45, 2.75) is 10.1 Å². The van der Waals surface area contributed by atoms with Gasteiger partial charge in [-0.2, -0.15) is 0 Å². The number of halogens is 2. The van der Waals surface area contributed by atoms with Crippen molar-refractivity contribution in [2.75, 3.05) is 6.54 Å². The third kappa shape index (κ3) is 3.15. The van der Waals surface area contributed by atoms with Crippen molar-refractivity contribution in [3.05, 3.63) is 64.1 Å². The van der Waals surface area contributed by atoms with Crippen molar-refractivity contribution in [1.82, 2.24) is 0 Å². The van der Waals surface area contributed by atoms with Crippen LogP contribution in [0.2, 0.25) is 10.0 Å². The van der Waals surface area contributed by atoms with E-state index < -0.39 is 15.1 Å². The molecule has 0 aliphatic heterocycles. The topological polar surface area (TPSA) is 61.8 Å². The molecule has 0 aromatic heterocycles. The van der Waals surface area contributed by atoms with Crippen molar-refractivity contribution in [3.8, 4) is 0 Å². The normalized spacial score (nSPS) is 13.2. The van der Waals surface area contributed by atoms with Crippen LogP contribution < -0.4 is 5.73 Å². The zero-order valence-corrected chi connectivity index (χ0v) is 12.9. The summed E-state index contributed by atoms with van der Waals surface area (Å²) >= 11 is 11.6. The molecule has 1 atom stereocenters. The van der Waals surface area contributed by atoms with Crippen LogP contribution in [0.15, 0.2) is 53.4 Å². The fraction of sp³-hybridized carbons (Fsp3) is 0.143. The molecule has 2 aromatic carbocycles. The van der Waals surface area contributed by atoms with Crippen LogP contribution in [0.4, 0.5) is 0 Å². The fourth-order valence-electron chi connectivity index (χ4n) is 1.97. The summed E-state index contributed by atoms with van der Waals surface area (Å²) in [4.78, 5) is 0.241. The Balaban J connectivity index is 2.44. The van der Waals surface area contributed by atoms with E-state index in [9.17, 15) is 8.42 Å². The lowest BCUT2D eigenvalue weighted by Gasteiger charge is -2.15. The molecule has 0 amide bonds. The fourth-order valence-corrected chi connectivity index (χ4v) is 3.89. The highest BCUT2D eigenvalue weighted by Crippen LogP contribution is 2.29. The summed E-state index contributed by atoms with van der Waals surface area (Å²) < 4.78 is 25.3. The molecule has 0 unspecified atom stereocenters. The average Bonchev–Trinajstić information content (AvgIpc) is 2.42. The van der Waals surface area contributed by atoms with E-state index in [1.165, 1.54) is 12.1 Å². The second-order valence-electron chi connectivity index (χ2n) is 4.33. The molecule has 0 saturated heterocycles. The Morgan fingerprint density at radius 1 is 0.900 bits per heavy atom. The van der Waals surface area contributed by atoms with Gasteiger partial charge < -0.3 is 5.73 Å². The van der Waals surface area contributed by atoms with Gasteiger partial charge in [-0.25, -0.2) is 8.42 Å². The molecule has 0 bridgehead atoms. The van der Waals surface area contributed by atoms with Gasteiger partial charge in [-0.3, -0.25) is 0 Å². The summed E-state index contributed by atoms with van der Waals surface area (Å²) in [5.41, 5.74) is 4.44. The maximum Gasteiger partial charge on any atom is 0.190 e. The summed E-state index contributed by atoms with van der Waals surface area (Å²) in [6.45, 7) is 0.243. The molecule has 0 fully saturated rings. The minimum atomic E-state index is -3.50. The third-order valence-corrected chi connectivity index (χ3v) is 5.71. The van der Waals surface area contributed by atoms with Crippen LogP contribution in [0.25, 0.3) is 0 Å². The van der Waals surface area contributed by atoms with Gasteiger partial charge in [0.2, 0.25) is 0 Å². The van der Waals surface area contributed by atoms with Crippen molar-refractivity contribution < 1.29 is 14.2 Å². The van der Waals surface area contributed by atoms with E-state index in [0.717, 1.165) is 0 Å². The molecule has 0 saturated carbocycles. The summed E-state index contributed by atoms with van der Waals surface area (Å²) in [5, 5.41) is 0.378. The summed E-state index contributed by atoms with van der Waals surface area (Å²) in [5.74, 6) is 0. The van der Waals surface area contributed by atoms with Gasteiger partial charge in [0.05, 0.1) is 11.4 Å². The zero-order valence-electron chi connectivity index (χ0n) is 10.6. The number of sulfone groups is 1. The largest absolute Gasteiger partial charge is 0.356 e.